The Hall–Kier alpha value is -0.120. The fourth-order valence-electron chi connectivity index (χ4n) is 2.95. The first-order valence-electron chi connectivity index (χ1n) is 8.50. The van der Waals surface area contributed by atoms with E-state index in [0.717, 1.165) is 25.8 Å². The summed E-state index contributed by atoms with van der Waals surface area (Å²) in [4.78, 5) is 2.19. The van der Waals surface area contributed by atoms with Gasteiger partial charge in [0.15, 0.2) is 0 Å². The predicted octanol–water partition coefficient (Wildman–Crippen LogP) is 3.62. The predicted molar refractivity (Wildman–Crippen MR) is 88.9 cm³/mol. The zero-order valence-electron chi connectivity index (χ0n) is 14.7. The second-order valence-electron chi connectivity index (χ2n) is 6.44. The van der Waals surface area contributed by atoms with E-state index in [1.54, 1.807) is 0 Å². The largest absolute Gasteiger partial charge is 0.376 e. The topological polar surface area (TPSA) is 35.5 Å². The third-order valence-electron chi connectivity index (χ3n) is 4.83. The number of unbranched alkanes of at least 4 members (excludes halogenated alkanes) is 2. The van der Waals surface area contributed by atoms with Crippen molar-refractivity contribution in [2.75, 3.05) is 20.6 Å². The number of nitrogens with zero attached hydrogens (tertiary/aromatic N) is 1. The molecule has 0 spiro atoms. The summed E-state index contributed by atoms with van der Waals surface area (Å²) in [6.45, 7) is 9.79. The Balaban J connectivity index is 4.38. The molecule has 0 rings (SSSR count). The number of rotatable bonds is 12. The highest BCUT2D eigenvalue weighted by Crippen LogP contribution is 2.27. The number of hydrogen-bond donors (Lipinski definition) is 2. The van der Waals surface area contributed by atoms with Crippen LogP contribution < -0.4 is 5.32 Å². The molecule has 20 heavy (non-hydrogen) atoms. The van der Waals surface area contributed by atoms with Crippen molar-refractivity contribution in [2.45, 2.75) is 84.4 Å². The summed E-state index contributed by atoms with van der Waals surface area (Å²) in [6.07, 6.45) is 8.06. The molecule has 0 saturated heterocycles. The quantitative estimate of drug-likeness (QED) is 0.425. The van der Waals surface area contributed by atoms with Gasteiger partial charge in [0.25, 0.3) is 0 Å². The molecule has 0 heterocycles. The van der Waals surface area contributed by atoms with E-state index in [9.17, 15) is 5.11 Å². The van der Waals surface area contributed by atoms with Crippen molar-refractivity contribution in [3.63, 3.8) is 0 Å². The second-order valence-corrected chi connectivity index (χ2v) is 6.44. The molecule has 0 aliphatic rings. The number of nitrogens with one attached hydrogen (secondary N) is 1. The van der Waals surface area contributed by atoms with Crippen LogP contribution in [0, 0.1) is 5.92 Å². The summed E-state index contributed by atoms with van der Waals surface area (Å²) in [6, 6.07) is 0.436. The van der Waals surface area contributed by atoms with Gasteiger partial charge in [-0.1, -0.05) is 33.1 Å². The van der Waals surface area contributed by atoms with Gasteiger partial charge in [0.1, 0.15) is 5.72 Å². The molecule has 0 fully saturated rings. The van der Waals surface area contributed by atoms with Gasteiger partial charge in [-0.15, -0.1) is 0 Å². The molecule has 0 bridgehead atoms. The van der Waals surface area contributed by atoms with Crippen LogP contribution in [-0.4, -0.2) is 42.4 Å². The van der Waals surface area contributed by atoms with Crippen molar-refractivity contribution in [3.05, 3.63) is 0 Å². The van der Waals surface area contributed by atoms with E-state index in [-0.39, 0.29) is 0 Å². The lowest BCUT2D eigenvalue weighted by Crippen LogP contribution is -2.50. The minimum atomic E-state index is -0.688. The van der Waals surface area contributed by atoms with Crippen LogP contribution in [0.1, 0.15) is 72.6 Å². The molecule has 0 amide bonds. The zero-order valence-corrected chi connectivity index (χ0v) is 14.7. The fraction of sp³-hybridized carbons (Fsp3) is 1.00. The third-order valence-corrected chi connectivity index (χ3v) is 4.83. The minimum absolute atomic E-state index is 0.436. The molecule has 0 aromatic carbocycles. The van der Waals surface area contributed by atoms with Gasteiger partial charge in [-0.05, 0) is 66.1 Å². The summed E-state index contributed by atoms with van der Waals surface area (Å²) < 4.78 is 0. The molecule has 2 N–H and O–H groups in total. The maximum Gasteiger partial charge on any atom is 0.115 e. The van der Waals surface area contributed by atoms with Crippen molar-refractivity contribution >= 4 is 0 Å². The van der Waals surface area contributed by atoms with E-state index in [4.69, 9.17) is 0 Å². The SMILES string of the molecule is CCCC[C@H](CC)C(C)N(C)C(C)(O)CCCCNC. The van der Waals surface area contributed by atoms with Gasteiger partial charge >= 0.3 is 0 Å². The van der Waals surface area contributed by atoms with E-state index in [2.05, 4.69) is 38.0 Å². The highest BCUT2D eigenvalue weighted by Gasteiger charge is 2.31. The maximum atomic E-state index is 10.7. The van der Waals surface area contributed by atoms with E-state index >= 15 is 0 Å². The van der Waals surface area contributed by atoms with Crippen molar-refractivity contribution in [3.8, 4) is 0 Å². The summed E-state index contributed by atoms with van der Waals surface area (Å²) in [5.74, 6) is 0.684. The van der Waals surface area contributed by atoms with Crippen molar-refractivity contribution < 1.29 is 5.11 Å². The first-order valence-corrected chi connectivity index (χ1v) is 8.50. The zero-order chi connectivity index (χ0) is 15.6. The molecule has 2 unspecified atom stereocenters. The first-order chi connectivity index (χ1) is 9.40. The van der Waals surface area contributed by atoms with Crippen LogP contribution in [0.2, 0.25) is 0 Å². The van der Waals surface area contributed by atoms with E-state index < -0.39 is 5.72 Å². The molecule has 122 valence electrons. The summed E-state index contributed by atoms with van der Waals surface area (Å²) in [7, 11) is 4.06. The monoisotopic (exact) mass is 286 g/mol. The smallest absolute Gasteiger partial charge is 0.115 e. The van der Waals surface area contributed by atoms with Crippen LogP contribution in [0.15, 0.2) is 0 Å². The van der Waals surface area contributed by atoms with Crippen LogP contribution in [0.25, 0.3) is 0 Å². The average Bonchev–Trinajstić information content (AvgIpc) is 2.43. The van der Waals surface area contributed by atoms with Crippen LogP contribution in [0.5, 0.6) is 0 Å². The van der Waals surface area contributed by atoms with E-state index in [1.807, 2.05) is 14.0 Å². The Morgan fingerprint density at radius 3 is 2.35 bits per heavy atom. The molecule has 0 aromatic rings. The highest BCUT2D eigenvalue weighted by molar-refractivity contribution is 4.81. The summed E-state index contributed by atoms with van der Waals surface area (Å²) in [5.41, 5.74) is -0.688. The molecule has 0 aliphatic carbocycles. The summed E-state index contributed by atoms with van der Waals surface area (Å²) >= 11 is 0. The Labute approximate surface area is 127 Å². The molecule has 0 radical (unpaired) electrons. The Morgan fingerprint density at radius 2 is 1.85 bits per heavy atom. The van der Waals surface area contributed by atoms with Gasteiger partial charge in [-0.3, -0.25) is 4.90 Å². The van der Waals surface area contributed by atoms with Crippen molar-refractivity contribution in [1.82, 2.24) is 10.2 Å². The van der Waals surface area contributed by atoms with Crippen LogP contribution >= 0.6 is 0 Å². The lowest BCUT2D eigenvalue weighted by Gasteiger charge is -2.41. The second kappa shape index (κ2) is 10.6. The summed E-state index contributed by atoms with van der Waals surface area (Å²) in [5, 5.41) is 13.9. The van der Waals surface area contributed by atoms with Gasteiger partial charge in [0.2, 0.25) is 0 Å². The minimum Gasteiger partial charge on any atom is -0.376 e. The van der Waals surface area contributed by atoms with Crippen molar-refractivity contribution in [1.29, 1.82) is 0 Å². The lowest BCUT2D eigenvalue weighted by atomic mass is 9.90. The Bertz CT molecular complexity index is 231. The standard InChI is InChI=1S/C17H38N2O/c1-7-9-12-16(8-2)15(3)19(6)17(4,20)13-10-11-14-18-5/h15-16,18,20H,7-14H2,1-6H3/t15?,16-,17?/m0/s1. The molecule has 0 aromatic heterocycles. The van der Waals surface area contributed by atoms with E-state index in [1.165, 1.54) is 25.7 Å². The molecule has 3 nitrogen and oxygen atoms in total. The molecule has 3 heteroatoms. The van der Waals surface area contributed by atoms with Gasteiger partial charge in [0, 0.05) is 6.04 Å². The highest BCUT2D eigenvalue weighted by atomic mass is 16.3. The average molecular weight is 287 g/mol. The normalized spacial score (nSPS) is 18.0. The Kier molecular flexibility index (Phi) is 10.5. The molecule has 0 saturated carbocycles. The van der Waals surface area contributed by atoms with Gasteiger partial charge in [-0.2, -0.15) is 0 Å². The van der Waals surface area contributed by atoms with Crippen molar-refractivity contribution in [2.24, 2.45) is 5.92 Å². The third kappa shape index (κ3) is 7.05. The maximum absolute atomic E-state index is 10.7. The van der Waals surface area contributed by atoms with Gasteiger partial charge in [0.05, 0.1) is 0 Å². The first kappa shape index (κ1) is 19.9. The van der Waals surface area contributed by atoms with Crippen LogP contribution in [0.3, 0.4) is 0 Å². The fourth-order valence-corrected chi connectivity index (χ4v) is 2.95. The molecular weight excluding hydrogens is 248 g/mol. The molecule has 0 aliphatic heterocycles. The van der Waals surface area contributed by atoms with Gasteiger partial charge in [-0.25, -0.2) is 0 Å². The molecular formula is C17H38N2O. The van der Waals surface area contributed by atoms with Gasteiger partial charge < -0.3 is 10.4 Å². The number of aliphatic hydroxyl groups is 1. The number of hydrogen-bond acceptors (Lipinski definition) is 3. The Morgan fingerprint density at radius 1 is 1.20 bits per heavy atom. The van der Waals surface area contributed by atoms with Crippen LogP contribution in [0.4, 0.5) is 0 Å². The molecule has 3 atom stereocenters. The van der Waals surface area contributed by atoms with Crippen LogP contribution in [-0.2, 0) is 0 Å². The lowest BCUT2D eigenvalue weighted by molar-refractivity contribution is -0.114. The van der Waals surface area contributed by atoms with E-state index in [0.29, 0.717) is 12.0 Å².